The lowest BCUT2D eigenvalue weighted by atomic mass is 9.95. The average Bonchev–Trinajstić information content (AvgIpc) is 2.89. The van der Waals surface area contributed by atoms with Crippen molar-refractivity contribution >= 4 is 34.8 Å². The molecule has 3 amide bonds. The van der Waals surface area contributed by atoms with Crippen LogP contribution in [0.2, 0.25) is 0 Å². The zero-order valence-corrected chi connectivity index (χ0v) is 20.7. The van der Waals surface area contributed by atoms with Crippen molar-refractivity contribution in [1.29, 1.82) is 0 Å². The first-order valence-electron chi connectivity index (χ1n) is 12.8. The number of rotatable bonds is 4. The second-order valence-corrected chi connectivity index (χ2v) is 9.98. The molecule has 2 aromatic rings. The number of fused-ring (bicyclic) bond motifs is 3. The van der Waals surface area contributed by atoms with Crippen LogP contribution in [0.4, 0.5) is 17.1 Å². The molecule has 0 aromatic heterocycles. The molecule has 0 bridgehead atoms. The Morgan fingerprint density at radius 2 is 1.71 bits per heavy atom. The van der Waals surface area contributed by atoms with E-state index in [0.717, 1.165) is 80.7 Å². The van der Waals surface area contributed by atoms with Crippen LogP contribution in [0.5, 0.6) is 0 Å². The Kier molecular flexibility index (Phi) is 6.50. The molecule has 1 unspecified atom stereocenters. The Balaban J connectivity index is 1.45. The smallest absolute Gasteiger partial charge is 0.253 e. The number of hydrogen-bond acceptors (Lipinski definition) is 4. The number of piperidine rings is 2. The van der Waals surface area contributed by atoms with E-state index in [9.17, 15) is 14.4 Å². The SMILES string of the molecule is Cc1cccc(NC(=O)CN2C(=O)C3CCCCN3c3ccc(C(=O)N4CCCCC4)cc32)c1C. The van der Waals surface area contributed by atoms with E-state index in [1.165, 1.54) is 0 Å². The van der Waals surface area contributed by atoms with E-state index >= 15 is 0 Å². The molecule has 5 rings (SSSR count). The summed E-state index contributed by atoms with van der Waals surface area (Å²) in [4.78, 5) is 45.6. The molecule has 1 atom stereocenters. The average molecular weight is 475 g/mol. The van der Waals surface area contributed by atoms with E-state index < -0.39 is 0 Å². The van der Waals surface area contributed by atoms with Crippen LogP contribution in [0, 0.1) is 13.8 Å². The second kappa shape index (κ2) is 9.72. The topological polar surface area (TPSA) is 73.0 Å². The zero-order valence-electron chi connectivity index (χ0n) is 20.7. The highest BCUT2D eigenvalue weighted by Crippen LogP contribution is 2.40. The van der Waals surface area contributed by atoms with E-state index in [1.54, 1.807) is 4.90 Å². The summed E-state index contributed by atoms with van der Waals surface area (Å²) >= 11 is 0. The monoisotopic (exact) mass is 474 g/mol. The van der Waals surface area contributed by atoms with Crippen molar-refractivity contribution in [2.45, 2.75) is 58.4 Å². The van der Waals surface area contributed by atoms with Crippen LogP contribution < -0.4 is 15.1 Å². The van der Waals surface area contributed by atoms with Crippen LogP contribution in [0.15, 0.2) is 36.4 Å². The van der Waals surface area contributed by atoms with Crippen molar-refractivity contribution in [3.8, 4) is 0 Å². The highest BCUT2D eigenvalue weighted by atomic mass is 16.2. The molecule has 7 nitrogen and oxygen atoms in total. The Hall–Kier alpha value is -3.35. The highest BCUT2D eigenvalue weighted by Gasteiger charge is 2.40. The van der Waals surface area contributed by atoms with Crippen LogP contribution in [-0.2, 0) is 9.59 Å². The third-order valence-electron chi connectivity index (χ3n) is 7.70. The number of carbonyl (C=O) groups is 3. The van der Waals surface area contributed by atoms with Gasteiger partial charge in [0.2, 0.25) is 11.8 Å². The highest BCUT2D eigenvalue weighted by molar-refractivity contribution is 6.11. The minimum atomic E-state index is -0.256. The molecule has 0 saturated carbocycles. The number of nitrogens with one attached hydrogen (secondary N) is 1. The molecule has 0 radical (unpaired) electrons. The molecule has 7 heteroatoms. The summed E-state index contributed by atoms with van der Waals surface area (Å²) < 4.78 is 0. The van der Waals surface area contributed by atoms with E-state index in [4.69, 9.17) is 0 Å². The molecule has 2 saturated heterocycles. The minimum absolute atomic E-state index is 0.000466. The van der Waals surface area contributed by atoms with Gasteiger partial charge in [-0.25, -0.2) is 0 Å². The zero-order chi connectivity index (χ0) is 24.5. The van der Waals surface area contributed by atoms with Gasteiger partial charge >= 0.3 is 0 Å². The van der Waals surface area contributed by atoms with Gasteiger partial charge < -0.3 is 15.1 Å². The van der Waals surface area contributed by atoms with Crippen LogP contribution in [0.3, 0.4) is 0 Å². The molecule has 184 valence electrons. The fraction of sp³-hybridized carbons (Fsp3) is 0.464. The maximum atomic E-state index is 13.6. The van der Waals surface area contributed by atoms with Gasteiger partial charge in [-0.2, -0.15) is 0 Å². The standard InChI is InChI=1S/C28H34N4O3/c1-19-9-8-10-22(20(19)2)29-26(33)18-32-25-17-21(27(34)30-14-5-3-6-15-30)12-13-23(25)31-16-7-4-11-24(31)28(32)35/h8-10,12-13,17,24H,3-7,11,14-16,18H2,1-2H3,(H,29,33). The molecule has 1 N–H and O–H groups in total. The second-order valence-electron chi connectivity index (χ2n) is 9.98. The van der Waals surface area contributed by atoms with Gasteiger partial charge in [0.15, 0.2) is 0 Å². The third-order valence-corrected chi connectivity index (χ3v) is 7.70. The Labute approximate surface area is 207 Å². The van der Waals surface area contributed by atoms with Gasteiger partial charge in [0.25, 0.3) is 5.91 Å². The molecule has 2 aromatic carbocycles. The summed E-state index contributed by atoms with van der Waals surface area (Å²) in [6, 6.07) is 11.2. The number of carbonyl (C=O) groups excluding carboxylic acids is 3. The summed E-state index contributed by atoms with van der Waals surface area (Å²) in [5.74, 6) is -0.300. The molecule has 35 heavy (non-hydrogen) atoms. The number of anilines is 3. The first-order valence-corrected chi connectivity index (χ1v) is 12.8. The Morgan fingerprint density at radius 1 is 0.943 bits per heavy atom. The van der Waals surface area contributed by atoms with Crippen molar-refractivity contribution in [2.75, 3.05) is 41.3 Å². The molecular weight excluding hydrogens is 440 g/mol. The fourth-order valence-corrected chi connectivity index (χ4v) is 5.55. The lowest BCUT2D eigenvalue weighted by molar-refractivity contribution is -0.123. The Bertz CT molecular complexity index is 1150. The van der Waals surface area contributed by atoms with Gasteiger partial charge in [0.1, 0.15) is 12.6 Å². The van der Waals surface area contributed by atoms with Crippen LogP contribution >= 0.6 is 0 Å². The maximum absolute atomic E-state index is 13.6. The summed E-state index contributed by atoms with van der Waals surface area (Å²) in [7, 11) is 0. The maximum Gasteiger partial charge on any atom is 0.253 e. The van der Waals surface area contributed by atoms with Gasteiger partial charge in [-0.05, 0) is 87.8 Å². The number of likely N-dealkylation sites (tertiary alicyclic amines) is 1. The van der Waals surface area contributed by atoms with Crippen LogP contribution in [0.25, 0.3) is 0 Å². The third kappa shape index (κ3) is 4.51. The summed E-state index contributed by atoms with van der Waals surface area (Å²) in [6.07, 6.45) is 6.01. The van der Waals surface area contributed by atoms with Gasteiger partial charge in [0, 0.05) is 30.9 Å². The van der Waals surface area contributed by atoms with Crippen molar-refractivity contribution in [1.82, 2.24) is 4.90 Å². The predicted octanol–water partition coefficient (Wildman–Crippen LogP) is 4.27. The lowest BCUT2D eigenvalue weighted by Crippen LogP contribution is -2.56. The van der Waals surface area contributed by atoms with E-state index in [-0.39, 0.29) is 30.3 Å². The van der Waals surface area contributed by atoms with Gasteiger partial charge in [-0.1, -0.05) is 12.1 Å². The van der Waals surface area contributed by atoms with E-state index in [1.807, 2.05) is 55.1 Å². The molecule has 3 aliphatic heterocycles. The van der Waals surface area contributed by atoms with Gasteiger partial charge in [-0.15, -0.1) is 0 Å². The normalized spacial score (nSPS) is 19.8. The van der Waals surface area contributed by atoms with Gasteiger partial charge in [-0.3, -0.25) is 19.3 Å². The van der Waals surface area contributed by atoms with E-state index in [0.29, 0.717) is 11.3 Å². The van der Waals surface area contributed by atoms with Crippen molar-refractivity contribution < 1.29 is 14.4 Å². The van der Waals surface area contributed by atoms with Crippen LogP contribution in [-0.4, -0.2) is 54.8 Å². The van der Waals surface area contributed by atoms with Crippen molar-refractivity contribution in [2.24, 2.45) is 0 Å². The van der Waals surface area contributed by atoms with Gasteiger partial charge in [0.05, 0.1) is 11.4 Å². The molecular formula is C28H34N4O3. The Morgan fingerprint density at radius 3 is 2.51 bits per heavy atom. The molecule has 3 aliphatic rings. The molecule has 0 spiro atoms. The number of aryl methyl sites for hydroxylation is 1. The first kappa shape index (κ1) is 23.4. The quantitative estimate of drug-likeness (QED) is 0.718. The van der Waals surface area contributed by atoms with Crippen LogP contribution in [0.1, 0.15) is 60.0 Å². The van der Waals surface area contributed by atoms with E-state index in [2.05, 4.69) is 10.2 Å². The molecule has 3 heterocycles. The van der Waals surface area contributed by atoms with Crippen molar-refractivity contribution in [3.05, 3.63) is 53.1 Å². The predicted molar refractivity (Wildman–Crippen MR) is 138 cm³/mol. The largest absolute Gasteiger partial charge is 0.358 e. The molecule has 2 fully saturated rings. The number of hydrogen-bond donors (Lipinski definition) is 1. The summed E-state index contributed by atoms with van der Waals surface area (Å²) in [5.41, 5.74) is 5.04. The lowest BCUT2D eigenvalue weighted by Gasteiger charge is -2.45. The fourth-order valence-electron chi connectivity index (χ4n) is 5.55. The number of amides is 3. The minimum Gasteiger partial charge on any atom is -0.358 e. The molecule has 0 aliphatic carbocycles. The number of benzene rings is 2. The summed E-state index contributed by atoms with van der Waals surface area (Å²) in [6.45, 7) is 6.25. The van der Waals surface area contributed by atoms with Crippen molar-refractivity contribution in [3.63, 3.8) is 0 Å². The summed E-state index contributed by atoms with van der Waals surface area (Å²) in [5, 5.41) is 2.99. The first-order chi connectivity index (χ1) is 16.9. The number of nitrogens with zero attached hydrogens (tertiary/aromatic N) is 3.